The first kappa shape index (κ1) is 21.2. The number of halogens is 1. The highest BCUT2D eigenvalue weighted by molar-refractivity contribution is 14.0. The van der Waals surface area contributed by atoms with Gasteiger partial charge in [0.1, 0.15) is 0 Å². The van der Waals surface area contributed by atoms with Crippen LogP contribution in [-0.2, 0) is 31.2 Å². The van der Waals surface area contributed by atoms with Crippen molar-refractivity contribution in [2.24, 2.45) is 12.0 Å². The van der Waals surface area contributed by atoms with Crippen molar-refractivity contribution in [1.82, 2.24) is 20.4 Å². The number of aryl methyl sites for hydroxylation is 2. The summed E-state index contributed by atoms with van der Waals surface area (Å²) in [4.78, 5) is 4.67. The third-order valence-corrected chi connectivity index (χ3v) is 3.37. The number of aliphatic imine (C=N–C) groups is 1. The Morgan fingerprint density at radius 3 is 2.50 bits per heavy atom. The van der Waals surface area contributed by atoms with Crippen LogP contribution in [0.3, 0.4) is 0 Å². The zero-order valence-electron chi connectivity index (χ0n) is 14.4. The molecule has 0 aromatic carbocycles. The molecule has 0 radical (unpaired) electrons. The largest absolute Gasteiger partial charge is 0.383 e. The third kappa shape index (κ3) is 6.12. The van der Waals surface area contributed by atoms with Crippen molar-refractivity contribution in [2.45, 2.75) is 40.2 Å². The Hall–Kier alpha value is -0.830. The molecule has 0 spiro atoms. The number of rotatable bonds is 8. The molecule has 22 heavy (non-hydrogen) atoms. The van der Waals surface area contributed by atoms with Crippen molar-refractivity contribution in [3.8, 4) is 0 Å². The van der Waals surface area contributed by atoms with E-state index >= 15 is 0 Å². The number of methoxy groups -OCH3 is 1. The van der Waals surface area contributed by atoms with E-state index in [-0.39, 0.29) is 24.0 Å². The lowest BCUT2D eigenvalue weighted by Crippen LogP contribution is -2.38. The minimum absolute atomic E-state index is 0. The molecule has 0 saturated carbocycles. The topological polar surface area (TPSA) is 63.5 Å². The van der Waals surface area contributed by atoms with Crippen LogP contribution in [-0.4, -0.2) is 42.5 Å². The fourth-order valence-corrected chi connectivity index (χ4v) is 2.34. The van der Waals surface area contributed by atoms with E-state index in [0.29, 0.717) is 13.2 Å². The molecule has 0 unspecified atom stereocenters. The summed E-state index contributed by atoms with van der Waals surface area (Å²) < 4.78 is 7.03. The van der Waals surface area contributed by atoms with Crippen molar-refractivity contribution in [3.05, 3.63) is 17.0 Å². The molecule has 0 saturated heterocycles. The van der Waals surface area contributed by atoms with Gasteiger partial charge in [-0.1, -0.05) is 13.8 Å². The second-order valence-corrected chi connectivity index (χ2v) is 4.82. The summed E-state index contributed by atoms with van der Waals surface area (Å²) in [6.07, 6.45) is 1.91. The molecule has 1 heterocycles. The summed E-state index contributed by atoms with van der Waals surface area (Å²) in [7, 11) is 3.70. The van der Waals surface area contributed by atoms with E-state index < -0.39 is 0 Å². The summed E-state index contributed by atoms with van der Waals surface area (Å²) in [6.45, 7) is 9.26. The SMILES string of the molecule is CCNC(=NCc1c(CC)nn(C)c1CC)NCCOC.I. The lowest BCUT2D eigenvalue weighted by molar-refractivity contribution is 0.203. The minimum atomic E-state index is 0. The number of nitrogens with one attached hydrogen (secondary N) is 2. The number of ether oxygens (including phenoxy) is 1. The molecular weight excluding hydrogens is 393 g/mol. The van der Waals surface area contributed by atoms with Gasteiger partial charge < -0.3 is 15.4 Å². The lowest BCUT2D eigenvalue weighted by Gasteiger charge is -2.11. The summed E-state index contributed by atoms with van der Waals surface area (Å²) in [6, 6.07) is 0. The first-order chi connectivity index (χ1) is 10.2. The van der Waals surface area contributed by atoms with E-state index in [1.165, 1.54) is 11.3 Å². The van der Waals surface area contributed by atoms with Gasteiger partial charge in [0.05, 0.1) is 18.8 Å². The molecule has 0 amide bonds. The first-order valence-corrected chi connectivity index (χ1v) is 7.72. The van der Waals surface area contributed by atoms with E-state index in [9.17, 15) is 0 Å². The van der Waals surface area contributed by atoms with Crippen molar-refractivity contribution in [1.29, 1.82) is 0 Å². The van der Waals surface area contributed by atoms with Gasteiger partial charge in [-0.3, -0.25) is 4.68 Å². The van der Waals surface area contributed by atoms with Crippen molar-refractivity contribution >= 4 is 29.9 Å². The Bertz CT molecular complexity index is 459. The van der Waals surface area contributed by atoms with E-state index in [1.54, 1.807) is 7.11 Å². The Labute approximate surface area is 151 Å². The van der Waals surface area contributed by atoms with Gasteiger partial charge in [0.2, 0.25) is 0 Å². The van der Waals surface area contributed by atoms with E-state index in [0.717, 1.165) is 37.6 Å². The number of hydrogen-bond donors (Lipinski definition) is 2. The van der Waals surface area contributed by atoms with Crippen LogP contribution in [0, 0.1) is 0 Å². The Balaban J connectivity index is 0.00000441. The fourth-order valence-electron chi connectivity index (χ4n) is 2.34. The van der Waals surface area contributed by atoms with Gasteiger partial charge in [-0.25, -0.2) is 4.99 Å². The highest BCUT2D eigenvalue weighted by Crippen LogP contribution is 2.16. The predicted molar refractivity (Wildman–Crippen MR) is 102 cm³/mol. The zero-order valence-corrected chi connectivity index (χ0v) is 16.7. The standard InChI is InChI=1S/C15H29N5O.HI/c1-6-13-12(14(7-2)20(4)19-13)11-18-15(16-8-3)17-9-10-21-5;/h6-11H2,1-5H3,(H2,16,17,18);1H. The van der Waals surface area contributed by atoms with Crippen LogP contribution in [0.5, 0.6) is 0 Å². The van der Waals surface area contributed by atoms with Gasteiger partial charge >= 0.3 is 0 Å². The predicted octanol–water partition coefficient (Wildman–Crippen LogP) is 1.86. The Morgan fingerprint density at radius 1 is 1.23 bits per heavy atom. The van der Waals surface area contributed by atoms with Crippen LogP contribution in [0.1, 0.15) is 37.7 Å². The molecule has 2 N–H and O–H groups in total. The monoisotopic (exact) mass is 423 g/mol. The Morgan fingerprint density at radius 2 is 1.95 bits per heavy atom. The third-order valence-electron chi connectivity index (χ3n) is 3.37. The van der Waals surface area contributed by atoms with E-state index in [1.807, 2.05) is 11.7 Å². The first-order valence-electron chi connectivity index (χ1n) is 7.72. The molecule has 1 aromatic heterocycles. The van der Waals surface area contributed by atoms with E-state index in [4.69, 9.17) is 4.74 Å². The van der Waals surface area contributed by atoms with Gasteiger partial charge in [-0.2, -0.15) is 5.10 Å². The fraction of sp³-hybridized carbons (Fsp3) is 0.733. The number of aromatic nitrogens is 2. The van der Waals surface area contributed by atoms with Crippen molar-refractivity contribution < 1.29 is 4.74 Å². The second-order valence-electron chi connectivity index (χ2n) is 4.82. The minimum Gasteiger partial charge on any atom is -0.383 e. The average Bonchev–Trinajstić information content (AvgIpc) is 2.80. The quantitative estimate of drug-likeness (QED) is 0.290. The molecule has 0 bridgehead atoms. The smallest absolute Gasteiger partial charge is 0.191 e. The van der Waals surface area contributed by atoms with Crippen LogP contribution in [0.15, 0.2) is 4.99 Å². The molecule has 1 aromatic rings. The molecule has 0 fully saturated rings. The molecule has 0 aliphatic rings. The zero-order chi connectivity index (χ0) is 15.7. The van der Waals surface area contributed by atoms with Gasteiger partial charge in [0, 0.05) is 38.5 Å². The molecule has 7 heteroatoms. The number of nitrogens with zero attached hydrogens (tertiary/aromatic N) is 3. The molecular formula is C15H30IN5O. The van der Waals surface area contributed by atoms with E-state index in [2.05, 4.69) is 41.5 Å². The second kappa shape index (κ2) is 11.7. The van der Waals surface area contributed by atoms with Crippen molar-refractivity contribution in [3.63, 3.8) is 0 Å². The van der Waals surface area contributed by atoms with Crippen LogP contribution < -0.4 is 10.6 Å². The maximum atomic E-state index is 5.05. The molecule has 1 rings (SSSR count). The van der Waals surface area contributed by atoms with Crippen LogP contribution >= 0.6 is 24.0 Å². The number of hydrogen-bond acceptors (Lipinski definition) is 3. The summed E-state index contributed by atoms with van der Waals surface area (Å²) in [5.41, 5.74) is 3.67. The average molecular weight is 423 g/mol. The summed E-state index contributed by atoms with van der Waals surface area (Å²) in [5.74, 6) is 0.822. The molecule has 0 aliphatic heterocycles. The van der Waals surface area contributed by atoms with Gasteiger partial charge in [0.25, 0.3) is 0 Å². The van der Waals surface area contributed by atoms with Crippen LogP contribution in [0.2, 0.25) is 0 Å². The maximum Gasteiger partial charge on any atom is 0.191 e. The normalized spacial score (nSPS) is 11.2. The summed E-state index contributed by atoms with van der Waals surface area (Å²) in [5, 5.41) is 11.1. The highest BCUT2D eigenvalue weighted by Gasteiger charge is 2.13. The highest BCUT2D eigenvalue weighted by atomic mass is 127. The molecule has 128 valence electrons. The summed E-state index contributed by atoms with van der Waals surface area (Å²) >= 11 is 0. The van der Waals surface area contributed by atoms with Crippen molar-refractivity contribution in [2.75, 3.05) is 26.8 Å². The van der Waals surface area contributed by atoms with Gasteiger partial charge in [-0.15, -0.1) is 24.0 Å². The molecule has 6 nitrogen and oxygen atoms in total. The molecule has 0 atom stereocenters. The lowest BCUT2D eigenvalue weighted by atomic mass is 10.1. The molecule has 0 aliphatic carbocycles. The van der Waals surface area contributed by atoms with Crippen LogP contribution in [0.25, 0.3) is 0 Å². The van der Waals surface area contributed by atoms with Gasteiger partial charge in [-0.05, 0) is 19.8 Å². The van der Waals surface area contributed by atoms with Gasteiger partial charge in [0.15, 0.2) is 5.96 Å². The Kier molecular flexibility index (Phi) is 11.3. The van der Waals surface area contributed by atoms with Crippen LogP contribution in [0.4, 0.5) is 0 Å². The number of guanidine groups is 1. The maximum absolute atomic E-state index is 5.05.